The number of rotatable bonds is 5. The lowest BCUT2D eigenvalue weighted by Crippen LogP contribution is -2.43. The van der Waals surface area contributed by atoms with Crippen molar-refractivity contribution in [3.8, 4) is 0 Å². The smallest absolute Gasteiger partial charge is 0.226 e. The fourth-order valence-electron chi connectivity index (χ4n) is 4.02. The minimum absolute atomic E-state index is 0.113. The molecule has 19 heavy (non-hydrogen) atoms. The molecule has 110 valence electrons. The summed E-state index contributed by atoms with van der Waals surface area (Å²) in [6.45, 7) is 5.07. The van der Waals surface area contributed by atoms with Gasteiger partial charge in [0.1, 0.15) is 0 Å². The van der Waals surface area contributed by atoms with Gasteiger partial charge in [-0.3, -0.25) is 4.79 Å². The van der Waals surface area contributed by atoms with Gasteiger partial charge in [-0.2, -0.15) is 0 Å². The molecular weight excluding hydrogens is 238 g/mol. The number of nitrogens with one attached hydrogen (secondary N) is 1. The van der Waals surface area contributed by atoms with Crippen LogP contribution >= 0.6 is 0 Å². The highest BCUT2D eigenvalue weighted by Gasteiger charge is 2.41. The Balaban J connectivity index is 1.89. The molecule has 0 aromatic heterocycles. The fraction of sp³-hybridized carbons (Fsp3) is 0.938. The van der Waals surface area contributed by atoms with E-state index in [-0.39, 0.29) is 23.3 Å². The molecule has 2 saturated carbocycles. The van der Waals surface area contributed by atoms with Crippen LogP contribution in [-0.4, -0.2) is 23.7 Å². The summed E-state index contributed by atoms with van der Waals surface area (Å²) in [6.07, 6.45) is 8.32. The Kier molecular flexibility index (Phi) is 4.88. The number of carbonyl (C=O) groups is 1. The van der Waals surface area contributed by atoms with Gasteiger partial charge in [0.25, 0.3) is 0 Å². The molecule has 0 aliphatic heterocycles. The molecule has 2 atom stereocenters. The molecule has 2 fully saturated rings. The summed E-state index contributed by atoms with van der Waals surface area (Å²) in [7, 11) is 0. The van der Waals surface area contributed by atoms with Gasteiger partial charge in [0, 0.05) is 17.9 Å². The van der Waals surface area contributed by atoms with E-state index in [0.29, 0.717) is 12.5 Å². The molecule has 2 N–H and O–H groups in total. The molecule has 3 nitrogen and oxygen atoms in total. The van der Waals surface area contributed by atoms with E-state index in [1.54, 1.807) is 0 Å². The maximum Gasteiger partial charge on any atom is 0.226 e. The van der Waals surface area contributed by atoms with E-state index < -0.39 is 0 Å². The lowest BCUT2D eigenvalue weighted by atomic mass is 9.77. The average Bonchev–Trinajstić information content (AvgIpc) is 2.96. The topological polar surface area (TPSA) is 49.3 Å². The molecule has 0 bridgehead atoms. The second-order valence-corrected chi connectivity index (χ2v) is 7.05. The molecule has 0 radical (unpaired) electrons. The third kappa shape index (κ3) is 3.50. The van der Waals surface area contributed by atoms with Crippen molar-refractivity contribution in [1.82, 2.24) is 5.32 Å². The second-order valence-electron chi connectivity index (χ2n) is 7.05. The van der Waals surface area contributed by atoms with E-state index in [9.17, 15) is 9.90 Å². The number of amides is 1. The lowest BCUT2D eigenvalue weighted by Gasteiger charge is -2.30. The Morgan fingerprint density at radius 3 is 2.47 bits per heavy atom. The highest BCUT2D eigenvalue weighted by molar-refractivity contribution is 5.82. The summed E-state index contributed by atoms with van der Waals surface area (Å²) < 4.78 is 0. The summed E-state index contributed by atoms with van der Waals surface area (Å²) in [6, 6.07) is 0. The molecule has 0 heterocycles. The van der Waals surface area contributed by atoms with E-state index in [4.69, 9.17) is 0 Å². The average molecular weight is 267 g/mol. The maximum atomic E-state index is 12.6. The number of hydrogen-bond acceptors (Lipinski definition) is 2. The van der Waals surface area contributed by atoms with Crippen LogP contribution in [0.1, 0.15) is 65.2 Å². The van der Waals surface area contributed by atoms with Crippen LogP contribution in [0.15, 0.2) is 0 Å². The standard InChI is InChI=1S/C16H29NO2/c1-12(2)10-16(8-3-4-9-16)15(19)17-11-13-6-5-7-14(13)18/h12-14,18H,3-11H2,1-2H3,(H,17,19). The summed E-state index contributed by atoms with van der Waals surface area (Å²) in [4.78, 5) is 12.6. The Morgan fingerprint density at radius 1 is 1.26 bits per heavy atom. The van der Waals surface area contributed by atoms with Gasteiger partial charge in [0.2, 0.25) is 5.91 Å². The van der Waals surface area contributed by atoms with E-state index >= 15 is 0 Å². The van der Waals surface area contributed by atoms with Crippen molar-refractivity contribution in [2.45, 2.75) is 71.3 Å². The first-order chi connectivity index (χ1) is 9.03. The predicted molar refractivity (Wildman–Crippen MR) is 76.7 cm³/mol. The minimum atomic E-state index is -0.204. The molecule has 2 aliphatic rings. The van der Waals surface area contributed by atoms with Crippen molar-refractivity contribution in [3.63, 3.8) is 0 Å². The Bertz CT molecular complexity index is 308. The molecule has 0 saturated heterocycles. The van der Waals surface area contributed by atoms with Gasteiger partial charge in [0.15, 0.2) is 0 Å². The van der Waals surface area contributed by atoms with E-state index in [1.807, 2.05) is 0 Å². The highest BCUT2D eigenvalue weighted by atomic mass is 16.3. The first kappa shape index (κ1) is 14.8. The number of carbonyl (C=O) groups excluding carboxylic acids is 1. The zero-order chi connectivity index (χ0) is 13.9. The molecule has 0 aromatic carbocycles. The van der Waals surface area contributed by atoms with Crippen LogP contribution in [0.5, 0.6) is 0 Å². The number of aliphatic hydroxyl groups is 1. The molecule has 2 unspecified atom stereocenters. The van der Waals surface area contributed by atoms with Gasteiger partial charge in [-0.1, -0.05) is 33.1 Å². The second kappa shape index (κ2) is 6.25. The molecule has 2 aliphatic carbocycles. The van der Waals surface area contributed by atoms with Crippen molar-refractivity contribution in [2.75, 3.05) is 6.54 Å². The van der Waals surface area contributed by atoms with Crippen LogP contribution in [0.25, 0.3) is 0 Å². The molecule has 1 amide bonds. The first-order valence-electron chi connectivity index (χ1n) is 8.00. The van der Waals surface area contributed by atoms with Gasteiger partial charge in [-0.15, -0.1) is 0 Å². The van der Waals surface area contributed by atoms with Crippen molar-refractivity contribution in [2.24, 2.45) is 17.3 Å². The lowest BCUT2D eigenvalue weighted by molar-refractivity contribution is -0.132. The summed E-state index contributed by atoms with van der Waals surface area (Å²) >= 11 is 0. The zero-order valence-corrected chi connectivity index (χ0v) is 12.5. The van der Waals surface area contributed by atoms with E-state index in [1.165, 1.54) is 12.8 Å². The van der Waals surface area contributed by atoms with Crippen LogP contribution in [0.3, 0.4) is 0 Å². The highest BCUT2D eigenvalue weighted by Crippen LogP contribution is 2.43. The van der Waals surface area contributed by atoms with Crippen LogP contribution in [0.4, 0.5) is 0 Å². The van der Waals surface area contributed by atoms with E-state index in [0.717, 1.165) is 38.5 Å². The summed E-state index contributed by atoms with van der Waals surface area (Å²) in [5.41, 5.74) is -0.113. The Labute approximate surface area is 117 Å². The van der Waals surface area contributed by atoms with Gasteiger partial charge in [-0.25, -0.2) is 0 Å². The van der Waals surface area contributed by atoms with Crippen LogP contribution in [-0.2, 0) is 4.79 Å². The van der Waals surface area contributed by atoms with Gasteiger partial charge in [-0.05, 0) is 38.0 Å². The Morgan fingerprint density at radius 2 is 1.95 bits per heavy atom. The molecular formula is C16H29NO2. The quantitative estimate of drug-likeness (QED) is 0.804. The largest absolute Gasteiger partial charge is 0.393 e. The monoisotopic (exact) mass is 267 g/mol. The van der Waals surface area contributed by atoms with E-state index in [2.05, 4.69) is 19.2 Å². The third-order valence-corrected chi connectivity index (χ3v) is 4.99. The summed E-state index contributed by atoms with van der Waals surface area (Å²) in [5.74, 6) is 1.10. The Hall–Kier alpha value is -0.570. The number of hydrogen-bond donors (Lipinski definition) is 2. The van der Waals surface area contributed by atoms with Crippen molar-refractivity contribution < 1.29 is 9.90 Å². The first-order valence-corrected chi connectivity index (χ1v) is 8.00. The molecule has 0 aromatic rings. The number of aliphatic hydroxyl groups excluding tert-OH is 1. The molecule has 3 heteroatoms. The van der Waals surface area contributed by atoms with Gasteiger partial charge < -0.3 is 10.4 Å². The SMILES string of the molecule is CC(C)CC1(C(=O)NCC2CCCC2O)CCCC1. The van der Waals surface area contributed by atoms with Gasteiger partial charge in [0.05, 0.1) is 6.10 Å². The van der Waals surface area contributed by atoms with Crippen molar-refractivity contribution >= 4 is 5.91 Å². The van der Waals surface area contributed by atoms with Crippen LogP contribution in [0.2, 0.25) is 0 Å². The zero-order valence-electron chi connectivity index (χ0n) is 12.5. The maximum absolute atomic E-state index is 12.6. The minimum Gasteiger partial charge on any atom is -0.393 e. The van der Waals surface area contributed by atoms with Crippen LogP contribution < -0.4 is 5.32 Å². The summed E-state index contributed by atoms with van der Waals surface area (Å²) in [5, 5.41) is 13.0. The van der Waals surface area contributed by atoms with Crippen molar-refractivity contribution in [1.29, 1.82) is 0 Å². The molecule has 0 spiro atoms. The molecule has 2 rings (SSSR count). The predicted octanol–water partition coefficient (Wildman–Crippen LogP) is 2.87. The third-order valence-electron chi connectivity index (χ3n) is 4.99. The fourth-order valence-corrected chi connectivity index (χ4v) is 4.02. The van der Waals surface area contributed by atoms with Crippen molar-refractivity contribution in [3.05, 3.63) is 0 Å². The van der Waals surface area contributed by atoms with Gasteiger partial charge >= 0.3 is 0 Å². The van der Waals surface area contributed by atoms with Crippen LogP contribution in [0, 0.1) is 17.3 Å². The normalized spacial score (nSPS) is 29.9.